The van der Waals surface area contributed by atoms with E-state index in [4.69, 9.17) is 24.9 Å². The maximum atomic E-state index is 10.9. The lowest BCUT2D eigenvalue weighted by atomic mass is 9.77. The van der Waals surface area contributed by atoms with Crippen LogP contribution in [0.2, 0.25) is 0 Å². The van der Waals surface area contributed by atoms with Gasteiger partial charge in [0.1, 0.15) is 11.8 Å². The van der Waals surface area contributed by atoms with Crippen LogP contribution >= 0.6 is 0 Å². The van der Waals surface area contributed by atoms with Crippen molar-refractivity contribution in [1.29, 1.82) is 0 Å². The van der Waals surface area contributed by atoms with Crippen molar-refractivity contribution in [3.8, 4) is 5.75 Å². The zero-order valence-corrected chi connectivity index (χ0v) is 14.3. The molecule has 1 saturated heterocycles. The van der Waals surface area contributed by atoms with Gasteiger partial charge < -0.3 is 24.9 Å². The SMILES string of the molecule is COc1ccc(CC(N)C(=O)O)cc1B1OC(C)(C)C(C)(C)O1. The van der Waals surface area contributed by atoms with E-state index in [0.717, 1.165) is 11.0 Å². The van der Waals surface area contributed by atoms with Crippen molar-refractivity contribution >= 4 is 18.6 Å². The molecule has 0 spiro atoms. The van der Waals surface area contributed by atoms with Gasteiger partial charge in [-0.25, -0.2) is 0 Å². The van der Waals surface area contributed by atoms with Gasteiger partial charge in [-0.3, -0.25) is 4.79 Å². The lowest BCUT2D eigenvalue weighted by Gasteiger charge is -2.32. The molecule has 1 atom stereocenters. The molecule has 0 saturated carbocycles. The summed E-state index contributed by atoms with van der Waals surface area (Å²) >= 11 is 0. The second kappa shape index (κ2) is 6.15. The standard InChI is InChI=1S/C16H24BNO5/c1-15(2)16(3,4)23-17(22-15)11-8-10(6-7-13(11)21-5)9-12(18)14(19)20/h6-8,12H,9,18H2,1-5H3,(H,19,20). The van der Waals surface area contributed by atoms with Gasteiger partial charge in [-0.15, -0.1) is 0 Å². The van der Waals surface area contributed by atoms with E-state index in [0.29, 0.717) is 5.75 Å². The van der Waals surface area contributed by atoms with Crippen LogP contribution in [0.3, 0.4) is 0 Å². The number of methoxy groups -OCH3 is 1. The molecule has 7 heteroatoms. The first-order chi connectivity index (χ1) is 10.6. The average molecular weight is 321 g/mol. The molecular formula is C16H24BNO5. The van der Waals surface area contributed by atoms with Crippen molar-refractivity contribution in [1.82, 2.24) is 0 Å². The van der Waals surface area contributed by atoms with Gasteiger partial charge in [0, 0.05) is 5.46 Å². The van der Waals surface area contributed by atoms with Crippen LogP contribution in [-0.2, 0) is 20.5 Å². The summed E-state index contributed by atoms with van der Waals surface area (Å²) in [5.41, 5.74) is 6.23. The van der Waals surface area contributed by atoms with Gasteiger partial charge in [0.25, 0.3) is 0 Å². The number of hydrogen-bond acceptors (Lipinski definition) is 5. The van der Waals surface area contributed by atoms with E-state index in [1.54, 1.807) is 19.2 Å². The lowest BCUT2D eigenvalue weighted by molar-refractivity contribution is -0.138. The van der Waals surface area contributed by atoms with Crippen LogP contribution in [-0.4, -0.2) is 42.5 Å². The fourth-order valence-corrected chi connectivity index (χ4v) is 2.41. The number of benzene rings is 1. The number of hydrogen-bond donors (Lipinski definition) is 2. The third-order valence-electron chi connectivity index (χ3n) is 4.57. The zero-order valence-electron chi connectivity index (χ0n) is 14.3. The molecule has 1 fully saturated rings. The van der Waals surface area contributed by atoms with E-state index in [2.05, 4.69) is 0 Å². The molecule has 0 amide bonds. The molecule has 126 valence electrons. The number of nitrogens with two attached hydrogens (primary N) is 1. The molecule has 1 heterocycles. The highest BCUT2D eigenvalue weighted by Gasteiger charge is 2.52. The Kier molecular flexibility index (Phi) is 4.75. The topological polar surface area (TPSA) is 91.0 Å². The Morgan fingerprint density at radius 3 is 2.35 bits per heavy atom. The summed E-state index contributed by atoms with van der Waals surface area (Å²) in [6.07, 6.45) is 0.228. The zero-order chi connectivity index (χ0) is 17.4. The molecule has 0 aliphatic carbocycles. The van der Waals surface area contributed by atoms with E-state index in [-0.39, 0.29) is 6.42 Å². The number of rotatable bonds is 5. The third-order valence-corrected chi connectivity index (χ3v) is 4.57. The van der Waals surface area contributed by atoms with E-state index >= 15 is 0 Å². The normalized spacial score (nSPS) is 20.3. The lowest BCUT2D eigenvalue weighted by Crippen LogP contribution is -2.41. The molecule has 3 N–H and O–H groups in total. The molecule has 1 aromatic carbocycles. The second-order valence-corrected chi connectivity index (χ2v) is 6.81. The first-order valence-electron chi connectivity index (χ1n) is 7.58. The van der Waals surface area contributed by atoms with Gasteiger partial charge in [-0.1, -0.05) is 12.1 Å². The fraction of sp³-hybridized carbons (Fsp3) is 0.562. The maximum Gasteiger partial charge on any atom is 0.498 e. The van der Waals surface area contributed by atoms with Crippen molar-refractivity contribution in [2.75, 3.05) is 7.11 Å². The van der Waals surface area contributed by atoms with Crippen LogP contribution < -0.4 is 15.9 Å². The minimum Gasteiger partial charge on any atom is -0.497 e. The molecule has 0 bridgehead atoms. The van der Waals surface area contributed by atoms with Crippen LogP contribution in [0.25, 0.3) is 0 Å². The van der Waals surface area contributed by atoms with Crippen molar-refractivity contribution < 1.29 is 23.9 Å². The van der Waals surface area contributed by atoms with Gasteiger partial charge in [0.15, 0.2) is 0 Å². The smallest absolute Gasteiger partial charge is 0.497 e. The largest absolute Gasteiger partial charge is 0.498 e. The minimum absolute atomic E-state index is 0.228. The molecule has 23 heavy (non-hydrogen) atoms. The third kappa shape index (κ3) is 3.52. The van der Waals surface area contributed by atoms with Crippen LogP contribution in [0, 0.1) is 0 Å². The molecule has 2 rings (SSSR count). The van der Waals surface area contributed by atoms with Crippen LogP contribution in [0.1, 0.15) is 33.3 Å². The summed E-state index contributed by atoms with van der Waals surface area (Å²) in [5.74, 6) is -0.394. The number of aliphatic carboxylic acids is 1. The van der Waals surface area contributed by atoms with Crippen molar-refractivity contribution in [2.45, 2.75) is 51.4 Å². The summed E-state index contributed by atoms with van der Waals surface area (Å²) in [4.78, 5) is 10.9. The maximum absolute atomic E-state index is 10.9. The van der Waals surface area contributed by atoms with Crippen LogP contribution in [0.15, 0.2) is 18.2 Å². The molecule has 0 aromatic heterocycles. The van der Waals surface area contributed by atoms with Crippen molar-refractivity contribution in [2.24, 2.45) is 5.73 Å². The first-order valence-corrected chi connectivity index (χ1v) is 7.58. The Hall–Kier alpha value is -1.57. The van der Waals surface area contributed by atoms with E-state index in [9.17, 15) is 4.79 Å². The summed E-state index contributed by atoms with van der Waals surface area (Å²) in [5, 5.41) is 8.96. The molecule has 1 aliphatic heterocycles. The Morgan fingerprint density at radius 2 is 1.87 bits per heavy atom. The van der Waals surface area contributed by atoms with E-state index in [1.165, 1.54) is 0 Å². The number of ether oxygens (including phenoxy) is 1. The highest BCUT2D eigenvalue weighted by atomic mass is 16.7. The van der Waals surface area contributed by atoms with E-state index < -0.39 is 30.3 Å². The van der Waals surface area contributed by atoms with Gasteiger partial charge in [0.05, 0.1) is 18.3 Å². The number of carboxylic acid groups (broad SMARTS) is 1. The summed E-state index contributed by atoms with van der Waals surface area (Å²) in [6, 6.07) is 4.47. The fourth-order valence-electron chi connectivity index (χ4n) is 2.41. The molecule has 6 nitrogen and oxygen atoms in total. The number of carboxylic acids is 1. The van der Waals surface area contributed by atoms with Crippen molar-refractivity contribution in [3.63, 3.8) is 0 Å². The number of carbonyl (C=O) groups is 1. The molecule has 0 radical (unpaired) electrons. The Balaban J connectivity index is 2.32. The second-order valence-electron chi connectivity index (χ2n) is 6.81. The van der Waals surface area contributed by atoms with Crippen LogP contribution in [0.5, 0.6) is 5.75 Å². The van der Waals surface area contributed by atoms with Gasteiger partial charge >= 0.3 is 13.1 Å². The molecule has 1 aliphatic rings. The van der Waals surface area contributed by atoms with Crippen molar-refractivity contribution in [3.05, 3.63) is 23.8 Å². The summed E-state index contributed by atoms with van der Waals surface area (Å²) in [7, 11) is 1.00. The Morgan fingerprint density at radius 1 is 1.30 bits per heavy atom. The van der Waals surface area contributed by atoms with E-state index in [1.807, 2.05) is 33.8 Å². The van der Waals surface area contributed by atoms with Gasteiger partial charge in [-0.05, 0) is 45.7 Å². The molecule has 1 aromatic rings. The quantitative estimate of drug-likeness (QED) is 0.785. The van der Waals surface area contributed by atoms with Gasteiger partial charge in [-0.2, -0.15) is 0 Å². The first kappa shape index (κ1) is 17.8. The minimum atomic E-state index is -1.03. The highest BCUT2D eigenvalue weighted by Crippen LogP contribution is 2.37. The average Bonchev–Trinajstić information content (AvgIpc) is 2.67. The Bertz CT molecular complexity index is 586. The molecule has 1 unspecified atom stereocenters. The molecular weight excluding hydrogens is 297 g/mol. The highest BCUT2D eigenvalue weighted by molar-refractivity contribution is 6.63. The van der Waals surface area contributed by atoms with Crippen LogP contribution in [0.4, 0.5) is 0 Å². The predicted octanol–water partition coefficient (Wildman–Crippen LogP) is 0.949. The predicted molar refractivity (Wildman–Crippen MR) is 88.0 cm³/mol. The van der Waals surface area contributed by atoms with Gasteiger partial charge in [0.2, 0.25) is 0 Å². The Labute approximate surface area is 137 Å². The summed E-state index contributed by atoms with van der Waals surface area (Å²) in [6.45, 7) is 7.90. The monoisotopic (exact) mass is 321 g/mol. The summed E-state index contributed by atoms with van der Waals surface area (Å²) < 4.78 is 17.5.